The van der Waals surface area contributed by atoms with Crippen LogP contribution >= 0.6 is 0 Å². The molecule has 0 aliphatic carbocycles. The van der Waals surface area contributed by atoms with Gasteiger partial charge in [0.25, 0.3) is 16.5 Å². The number of ether oxygens (including phenoxy) is 1. The van der Waals surface area contributed by atoms with Crippen LogP contribution in [0, 0.1) is 0 Å². The highest BCUT2D eigenvalue weighted by atomic mass is 32.2. The van der Waals surface area contributed by atoms with Crippen molar-refractivity contribution in [3.63, 3.8) is 0 Å². The summed E-state index contributed by atoms with van der Waals surface area (Å²) in [6, 6.07) is 8.64. The first kappa shape index (κ1) is 20.8. The number of rotatable bonds is 5. The van der Waals surface area contributed by atoms with Crippen molar-refractivity contribution >= 4 is 27.5 Å². The van der Waals surface area contributed by atoms with E-state index in [1.165, 1.54) is 3.97 Å². The number of pyridine rings is 1. The van der Waals surface area contributed by atoms with E-state index in [0.29, 0.717) is 12.1 Å². The van der Waals surface area contributed by atoms with Crippen LogP contribution in [0.2, 0.25) is 0 Å². The third kappa shape index (κ3) is 4.25. The van der Waals surface area contributed by atoms with Crippen molar-refractivity contribution in [1.29, 1.82) is 0 Å². The van der Waals surface area contributed by atoms with Crippen LogP contribution in [-0.4, -0.2) is 61.1 Å². The molecule has 0 bridgehead atoms. The topological polar surface area (TPSA) is 102 Å². The van der Waals surface area contributed by atoms with Crippen molar-refractivity contribution in [2.24, 2.45) is 0 Å². The van der Waals surface area contributed by atoms with Crippen LogP contribution < -0.4 is 4.74 Å². The number of carbonyl (C=O) groups is 1. The molecule has 8 nitrogen and oxygen atoms in total. The van der Waals surface area contributed by atoms with Gasteiger partial charge in [-0.3, -0.25) is 9.78 Å². The Labute approximate surface area is 169 Å². The Morgan fingerprint density at radius 2 is 2.07 bits per heavy atom. The molecule has 9 heteroatoms. The summed E-state index contributed by atoms with van der Waals surface area (Å²) in [5.74, 6) is 0.773. The minimum absolute atomic E-state index is 0.250. The Hall–Kier alpha value is -2.91. The number of benzene rings is 1. The van der Waals surface area contributed by atoms with Gasteiger partial charge in [0.1, 0.15) is 5.75 Å². The van der Waals surface area contributed by atoms with Gasteiger partial charge in [0.05, 0.1) is 22.5 Å². The molecule has 2 aromatic heterocycles. The lowest BCUT2D eigenvalue weighted by atomic mass is 10.2. The molecule has 1 aliphatic heterocycles. The normalized spacial score (nSPS) is 12.9. The van der Waals surface area contributed by atoms with Gasteiger partial charge < -0.3 is 14.7 Å². The minimum atomic E-state index is -3.70. The summed E-state index contributed by atoms with van der Waals surface area (Å²) in [6.07, 6.45) is 4.88. The summed E-state index contributed by atoms with van der Waals surface area (Å²) in [6.45, 7) is 1.18. The van der Waals surface area contributed by atoms with Crippen LogP contribution in [0.15, 0.2) is 47.6 Å². The number of likely N-dealkylation sites (N-methyl/N-ethyl adjacent to an activating group) is 1. The molecule has 4 rings (SSSR count). The molecule has 29 heavy (non-hydrogen) atoms. The molecule has 154 valence electrons. The van der Waals surface area contributed by atoms with Crippen LogP contribution in [0.4, 0.5) is 0 Å². The predicted molar refractivity (Wildman–Crippen MR) is 109 cm³/mol. The molecule has 1 aliphatic rings. The number of hydrogen-bond acceptors (Lipinski definition) is 6. The van der Waals surface area contributed by atoms with E-state index in [9.17, 15) is 8.42 Å². The lowest BCUT2D eigenvalue weighted by molar-refractivity contribution is -0.122. The minimum Gasteiger partial charge on any atom is -0.493 e. The number of hydrogen-bond donors (Lipinski definition) is 1. The van der Waals surface area contributed by atoms with E-state index in [2.05, 4.69) is 9.88 Å². The molecule has 0 unspecified atom stereocenters. The molecule has 3 heterocycles. The molecule has 1 aromatic carbocycles. The highest BCUT2D eigenvalue weighted by Crippen LogP contribution is 2.30. The van der Waals surface area contributed by atoms with Gasteiger partial charge in [-0.15, -0.1) is 0 Å². The number of carboxylic acid groups (broad SMARTS) is 1. The van der Waals surface area contributed by atoms with Crippen molar-refractivity contribution in [3.05, 3.63) is 53.9 Å². The second-order valence-corrected chi connectivity index (χ2v) is 8.67. The fourth-order valence-corrected chi connectivity index (χ4v) is 4.69. The molecule has 0 atom stereocenters. The average Bonchev–Trinajstić information content (AvgIpc) is 3.31. The zero-order chi connectivity index (χ0) is 21.0. The van der Waals surface area contributed by atoms with E-state index in [-0.39, 0.29) is 11.4 Å². The van der Waals surface area contributed by atoms with Gasteiger partial charge in [-0.1, -0.05) is 0 Å². The molecule has 0 amide bonds. The SMILES string of the molecule is CN(C)CCc1cn(S(=O)(=O)c2ccc3c(c2)CCO3)c2cccnc12.O=CO. The predicted octanol–water partition coefficient (Wildman–Crippen LogP) is 2.01. The first-order valence-electron chi connectivity index (χ1n) is 9.07. The van der Waals surface area contributed by atoms with E-state index >= 15 is 0 Å². The fraction of sp³-hybridized carbons (Fsp3) is 0.300. The van der Waals surface area contributed by atoms with Crippen molar-refractivity contribution < 1.29 is 23.1 Å². The quantitative estimate of drug-likeness (QED) is 0.634. The highest BCUT2D eigenvalue weighted by Gasteiger charge is 2.24. The first-order valence-corrected chi connectivity index (χ1v) is 10.5. The summed E-state index contributed by atoms with van der Waals surface area (Å²) in [5.41, 5.74) is 3.22. The lowest BCUT2D eigenvalue weighted by Crippen LogP contribution is -2.15. The van der Waals surface area contributed by atoms with Gasteiger partial charge in [0.15, 0.2) is 0 Å². The molecule has 0 saturated heterocycles. The first-order chi connectivity index (χ1) is 13.9. The number of fused-ring (bicyclic) bond motifs is 2. The lowest BCUT2D eigenvalue weighted by Gasteiger charge is -2.09. The fourth-order valence-electron chi connectivity index (χ4n) is 3.26. The van der Waals surface area contributed by atoms with Crippen molar-refractivity contribution in [2.75, 3.05) is 27.2 Å². The van der Waals surface area contributed by atoms with E-state index in [0.717, 1.165) is 41.8 Å². The number of nitrogens with zero attached hydrogens (tertiary/aromatic N) is 3. The van der Waals surface area contributed by atoms with Crippen LogP contribution in [0.25, 0.3) is 11.0 Å². The van der Waals surface area contributed by atoms with E-state index in [4.69, 9.17) is 14.6 Å². The smallest absolute Gasteiger partial charge is 0.290 e. The third-order valence-corrected chi connectivity index (χ3v) is 6.32. The Morgan fingerprint density at radius 3 is 2.79 bits per heavy atom. The Bertz CT molecular complexity index is 1120. The van der Waals surface area contributed by atoms with Crippen LogP contribution in [0.1, 0.15) is 11.1 Å². The van der Waals surface area contributed by atoms with Crippen molar-refractivity contribution in [3.8, 4) is 5.75 Å². The summed E-state index contributed by atoms with van der Waals surface area (Å²) < 4.78 is 33.4. The largest absolute Gasteiger partial charge is 0.493 e. The van der Waals surface area contributed by atoms with Gasteiger partial charge in [0, 0.05) is 25.4 Å². The Kier molecular flexibility index (Phi) is 6.19. The van der Waals surface area contributed by atoms with E-state index in [1.54, 1.807) is 42.7 Å². The summed E-state index contributed by atoms with van der Waals surface area (Å²) in [5, 5.41) is 6.89. The number of aromatic nitrogens is 2. The van der Waals surface area contributed by atoms with E-state index in [1.807, 2.05) is 14.1 Å². The molecule has 0 spiro atoms. The van der Waals surface area contributed by atoms with Crippen LogP contribution in [0.3, 0.4) is 0 Å². The zero-order valence-corrected chi connectivity index (χ0v) is 17.1. The average molecular weight is 417 g/mol. The zero-order valence-electron chi connectivity index (χ0n) is 16.3. The molecule has 3 aromatic rings. The molecule has 0 saturated carbocycles. The third-order valence-electron chi connectivity index (χ3n) is 4.65. The van der Waals surface area contributed by atoms with Gasteiger partial charge >= 0.3 is 0 Å². The standard InChI is InChI=1S/C19H21N3O3S.CH2O2/c1-21(2)10-7-15-13-22(17-4-3-9-20-19(15)17)26(23,24)16-5-6-18-14(12-16)8-11-25-18;2-1-3/h3-6,9,12-13H,7-8,10-11H2,1-2H3;1H,(H,2,3). The van der Waals surface area contributed by atoms with Gasteiger partial charge in [-0.05, 0) is 62.0 Å². The maximum absolute atomic E-state index is 13.3. The van der Waals surface area contributed by atoms with Crippen molar-refractivity contribution in [1.82, 2.24) is 13.9 Å². The maximum atomic E-state index is 13.3. The summed E-state index contributed by atoms with van der Waals surface area (Å²) in [7, 11) is 0.295. The molecule has 0 radical (unpaired) electrons. The Balaban J connectivity index is 0.000000755. The Morgan fingerprint density at radius 1 is 1.31 bits per heavy atom. The van der Waals surface area contributed by atoms with Crippen LogP contribution in [0.5, 0.6) is 5.75 Å². The summed E-state index contributed by atoms with van der Waals surface area (Å²) in [4.78, 5) is 15.1. The molecule has 0 fully saturated rings. The second kappa shape index (κ2) is 8.62. The van der Waals surface area contributed by atoms with Crippen LogP contribution in [-0.2, 0) is 27.7 Å². The second-order valence-electron chi connectivity index (χ2n) is 6.85. The van der Waals surface area contributed by atoms with Crippen molar-refractivity contribution in [2.45, 2.75) is 17.7 Å². The van der Waals surface area contributed by atoms with E-state index < -0.39 is 10.0 Å². The highest BCUT2D eigenvalue weighted by molar-refractivity contribution is 7.90. The summed E-state index contributed by atoms with van der Waals surface area (Å²) >= 11 is 0. The van der Waals surface area contributed by atoms with Gasteiger partial charge in [-0.25, -0.2) is 12.4 Å². The molecule has 1 N–H and O–H groups in total. The monoisotopic (exact) mass is 417 g/mol. The molecular formula is C20H23N3O5S. The maximum Gasteiger partial charge on any atom is 0.290 e. The van der Waals surface area contributed by atoms with Gasteiger partial charge in [-0.2, -0.15) is 0 Å². The molecular weight excluding hydrogens is 394 g/mol. The van der Waals surface area contributed by atoms with Gasteiger partial charge in [0.2, 0.25) is 0 Å².